The lowest BCUT2D eigenvalue weighted by Gasteiger charge is -2.33. The summed E-state index contributed by atoms with van der Waals surface area (Å²) in [5.74, 6) is -0.961. The van der Waals surface area contributed by atoms with Crippen LogP contribution in [0.4, 0.5) is 5.69 Å². The van der Waals surface area contributed by atoms with Crippen molar-refractivity contribution >= 4 is 50.7 Å². The van der Waals surface area contributed by atoms with Crippen LogP contribution in [0.5, 0.6) is 0 Å². The number of benzene rings is 3. The normalized spacial score (nSPS) is 12.2. The number of amides is 2. The van der Waals surface area contributed by atoms with Crippen LogP contribution in [-0.2, 0) is 32.6 Å². The third kappa shape index (κ3) is 7.36. The third-order valence-corrected chi connectivity index (χ3v) is 9.00. The highest BCUT2D eigenvalue weighted by Crippen LogP contribution is 2.30. The maximum Gasteiger partial charge on any atom is 0.264 e. The second-order valence-electron chi connectivity index (χ2n) is 9.87. The standard InChI is InChI=1S/C30H35Cl2N3O4S/c1-6-23-10-7-8-13-28(23)35(40(38,39)24-16-14-21(4)15-17-24)19-29(36)34(22(5)30(37)33-20(2)3)18-25-26(31)11-9-12-27(25)32/h7-17,20,22H,6,18-19H2,1-5H3,(H,33,37). The Morgan fingerprint density at radius 3 is 2.08 bits per heavy atom. The van der Waals surface area contributed by atoms with Gasteiger partial charge >= 0.3 is 0 Å². The highest BCUT2D eigenvalue weighted by atomic mass is 35.5. The highest BCUT2D eigenvalue weighted by Gasteiger charge is 2.34. The van der Waals surface area contributed by atoms with E-state index in [1.54, 1.807) is 49.4 Å². The van der Waals surface area contributed by atoms with Crippen LogP contribution in [0.25, 0.3) is 0 Å². The summed E-state index contributed by atoms with van der Waals surface area (Å²) in [5.41, 5.74) is 2.53. The first-order valence-corrected chi connectivity index (χ1v) is 15.3. The number of hydrogen-bond donors (Lipinski definition) is 1. The van der Waals surface area contributed by atoms with Crippen molar-refractivity contribution in [3.63, 3.8) is 0 Å². The lowest BCUT2D eigenvalue weighted by Crippen LogP contribution is -2.52. The molecule has 0 bridgehead atoms. The molecule has 214 valence electrons. The quantitative estimate of drug-likeness (QED) is 0.291. The fourth-order valence-corrected chi connectivity index (χ4v) is 6.21. The van der Waals surface area contributed by atoms with Gasteiger partial charge in [0.05, 0.1) is 10.6 Å². The minimum atomic E-state index is -4.15. The summed E-state index contributed by atoms with van der Waals surface area (Å²) in [5, 5.41) is 3.50. The second-order valence-corrected chi connectivity index (χ2v) is 12.5. The summed E-state index contributed by atoms with van der Waals surface area (Å²) in [6.45, 7) is 8.40. The highest BCUT2D eigenvalue weighted by molar-refractivity contribution is 7.92. The Morgan fingerprint density at radius 1 is 0.900 bits per heavy atom. The molecule has 3 aromatic carbocycles. The Hall–Kier alpha value is -3.07. The number of anilines is 1. The van der Waals surface area contributed by atoms with Gasteiger partial charge in [-0.15, -0.1) is 0 Å². The van der Waals surface area contributed by atoms with Crippen molar-refractivity contribution in [1.29, 1.82) is 0 Å². The van der Waals surface area contributed by atoms with E-state index in [1.165, 1.54) is 17.0 Å². The summed E-state index contributed by atoms with van der Waals surface area (Å²) >= 11 is 12.8. The van der Waals surface area contributed by atoms with E-state index >= 15 is 0 Å². The summed E-state index contributed by atoms with van der Waals surface area (Å²) in [7, 11) is -4.15. The molecular weight excluding hydrogens is 569 g/mol. The van der Waals surface area contributed by atoms with Crippen molar-refractivity contribution in [1.82, 2.24) is 10.2 Å². The molecule has 0 aliphatic heterocycles. The van der Waals surface area contributed by atoms with Gasteiger partial charge in [0.1, 0.15) is 12.6 Å². The van der Waals surface area contributed by atoms with Gasteiger partial charge in [0.25, 0.3) is 10.0 Å². The lowest BCUT2D eigenvalue weighted by atomic mass is 10.1. The number of aryl methyl sites for hydroxylation is 2. The smallest absolute Gasteiger partial charge is 0.264 e. The molecule has 0 aromatic heterocycles. The zero-order valence-electron chi connectivity index (χ0n) is 23.3. The molecule has 0 heterocycles. The van der Waals surface area contributed by atoms with Crippen LogP contribution in [0.2, 0.25) is 10.0 Å². The van der Waals surface area contributed by atoms with E-state index in [0.29, 0.717) is 27.7 Å². The van der Waals surface area contributed by atoms with Crippen LogP contribution in [0.3, 0.4) is 0 Å². The van der Waals surface area contributed by atoms with Gasteiger partial charge in [-0.05, 0) is 70.0 Å². The largest absolute Gasteiger partial charge is 0.352 e. The molecular formula is C30H35Cl2N3O4S. The molecule has 3 aromatic rings. The van der Waals surface area contributed by atoms with Gasteiger partial charge in [-0.2, -0.15) is 0 Å². The Kier molecular flexibility index (Phi) is 10.6. The Labute approximate surface area is 247 Å². The summed E-state index contributed by atoms with van der Waals surface area (Å²) < 4.78 is 29.2. The van der Waals surface area contributed by atoms with E-state index in [9.17, 15) is 18.0 Å². The van der Waals surface area contributed by atoms with Crippen molar-refractivity contribution in [3.8, 4) is 0 Å². The van der Waals surface area contributed by atoms with Crippen LogP contribution in [0.15, 0.2) is 71.6 Å². The monoisotopic (exact) mass is 603 g/mol. The lowest BCUT2D eigenvalue weighted by molar-refractivity contribution is -0.139. The van der Waals surface area contributed by atoms with Crippen LogP contribution in [-0.4, -0.2) is 43.8 Å². The zero-order valence-corrected chi connectivity index (χ0v) is 25.6. The Balaban J connectivity index is 2.11. The first-order chi connectivity index (χ1) is 18.9. The zero-order chi connectivity index (χ0) is 29.6. The molecule has 0 radical (unpaired) electrons. The van der Waals surface area contributed by atoms with Crippen molar-refractivity contribution < 1.29 is 18.0 Å². The number of halogens is 2. The summed E-state index contributed by atoms with van der Waals surface area (Å²) in [6, 6.07) is 17.4. The fourth-order valence-electron chi connectivity index (χ4n) is 4.25. The van der Waals surface area contributed by atoms with Gasteiger partial charge in [-0.1, -0.05) is 72.1 Å². The molecule has 10 heteroatoms. The molecule has 0 spiro atoms. The molecule has 1 atom stereocenters. The number of nitrogens with zero attached hydrogens (tertiary/aromatic N) is 2. The number of carbonyl (C=O) groups is 2. The summed E-state index contributed by atoms with van der Waals surface area (Å²) in [4.78, 5) is 28.5. The molecule has 0 saturated carbocycles. The Bertz CT molecular complexity index is 1440. The van der Waals surface area contributed by atoms with E-state index in [0.717, 1.165) is 15.4 Å². The van der Waals surface area contributed by atoms with Crippen LogP contribution in [0.1, 0.15) is 44.4 Å². The molecule has 1 N–H and O–H groups in total. The molecule has 2 amide bonds. The van der Waals surface area contributed by atoms with Gasteiger partial charge in [0, 0.05) is 28.2 Å². The Morgan fingerprint density at radius 2 is 1.50 bits per heavy atom. The van der Waals surface area contributed by atoms with Crippen LogP contribution < -0.4 is 9.62 Å². The van der Waals surface area contributed by atoms with E-state index in [4.69, 9.17) is 23.2 Å². The van der Waals surface area contributed by atoms with Crippen molar-refractivity contribution in [2.24, 2.45) is 0 Å². The van der Waals surface area contributed by atoms with Gasteiger partial charge < -0.3 is 10.2 Å². The van der Waals surface area contributed by atoms with Crippen LogP contribution >= 0.6 is 23.2 Å². The number of para-hydroxylation sites is 1. The predicted octanol–water partition coefficient (Wildman–Crippen LogP) is 6.00. The van der Waals surface area contributed by atoms with Gasteiger partial charge in [0.15, 0.2) is 0 Å². The maximum absolute atomic E-state index is 14.1. The molecule has 0 saturated heterocycles. The van der Waals surface area contributed by atoms with E-state index in [1.807, 2.05) is 39.8 Å². The van der Waals surface area contributed by atoms with E-state index in [2.05, 4.69) is 5.32 Å². The number of carbonyl (C=O) groups excluding carboxylic acids is 2. The fraction of sp³-hybridized carbons (Fsp3) is 0.333. The number of rotatable bonds is 11. The average Bonchev–Trinajstić information content (AvgIpc) is 2.91. The van der Waals surface area contributed by atoms with Crippen molar-refractivity contribution in [3.05, 3.63) is 93.5 Å². The molecule has 7 nitrogen and oxygen atoms in total. The van der Waals surface area contributed by atoms with Gasteiger partial charge in [0.2, 0.25) is 11.8 Å². The summed E-state index contributed by atoms with van der Waals surface area (Å²) in [6.07, 6.45) is 0.552. The van der Waals surface area contributed by atoms with Crippen LogP contribution in [0, 0.1) is 6.92 Å². The van der Waals surface area contributed by atoms with Gasteiger partial charge in [-0.3, -0.25) is 13.9 Å². The molecule has 40 heavy (non-hydrogen) atoms. The number of hydrogen-bond acceptors (Lipinski definition) is 4. The van der Waals surface area contributed by atoms with Crippen molar-refractivity contribution in [2.45, 2.75) is 64.6 Å². The average molecular weight is 605 g/mol. The van der Waals surface area contributed by atoms with Crippen molar-refractivity contribution in [2.75, 3.05) is 10.8 Å². The molecule has 0 aliphatic carbocycles. The first-order valence-electron chi connectivity index (χ1n) is 13.1. The topological polar surface area (TPSA) is 86.8 Å². The SMILES string of the molecule is CCc1ccccc1N(CC(=O)N(Cc1c(Cl)cccc1Cl)C(C)C(=O)NC(C)C)S(=O)(=O)c1ccc(C)cc1. The second kappa shape index (κ2) is 13.5. The first kappa shape index (κ1) is 31.5. The molecule has 3 rings (SSSR count). The predicted molar refractivity (Wildman–Crippen MR) is 161 cm³/mol. The number of nitrogens with one attached hydrogen (secondary N) is 1. The number of sulfonamides is 1. The maximum atomic E-state index is 14.1. The minimum Gasteiger partial charge on any atom is -0.352 e. The molecule has 0 fully saturated rings. The van der Waals surface area contributed by atoms with E-state index < -0.39 is 28.5 Å². The molecule has 0 aliphatic rings. The third-order valence-electron chi connectivity index (χ3n) is 6.52. The van der Waals surface area contributed by atoms with E-state index in [-0.39, 0.29) is 23.4 Å². The minimum absolute atomic E-state index is 0.0584. The molecule has 1 unspecified atom stereocenters. The van der Waals surface area contributed by atoms with Gasteiger partial charge in [-0.25, -0.2) is 8.42 Å².